The predicted molar refractivity (Wildman–Crippen MR) is 90.8 cm³/mol. The first-order valence-corrected chi connectivity index (χ1v) is 8.35. The van der Waals surface area contributed by atoms with Gasteiger partial charge >= 0.3 is 12.4 Å². The summed E-state index contributed by atoms with van der Waals surface area (Å²) >= 11 is 0. The highest BCUT2D eigenvalue weighted by atomic mass is 19.4. The van der Waals surface area contributed by atoms with Crippen LogP contribution >= 0.6 is 0 Å². The fourth-order valence-electron chi connectivity index (χ4n) is 3.11. The summed E-state index contributed by atoms with van der Waals surface area (Å²) in [4.78, 5) is 12.1. The van der Waals surface area contributed by atoms with Crippen molar-refractivity contribution in [2.45, 2.75) is 38.2 Å². The molecular formula is C19H19F3N2O2. The number of benzene rings is 2. The SMILES string of the molecule is O=C(NCc1ccccc1OC(F)(F)F)NC1CCc2ccccc2C1. The normalized spacial score (nSPS) is 16.5. The summed E-state index contributed by atoms with van der Waals surface area (Å²) in [5.41, 5.74) is 2.77. The van der Waals surface area contributed by atoms with Crippen molar-refractivity contribution >= 4 is 6.03 Å². The monoisotopic (exact) mass is 364 g/mol. The van der Waals surface area contributed by atoms with E-state index < -0.39 is 12.4 Å². The zero-order chi connectivity index (χ0) is 18.6. The number of hydrogen-bond acceptors (Lipinski definition) is 2. The first-order valence-electron chi connectivity index (χ1n) is 8.35. The van der Waals surface area contributed by atoms with Crippen molar-refractivity contribution in [3.8, 4) is 5.75 Å². The van der Waals surface area contributed by atoms with Gasteiger partial charge in [0.05, 0.1) is 0 Å². The number of carbonyl (C=O) groups excluding carboxylic acids is 1. The van der Waals surface area contributed by atoms with Crippen LogP contribution in [-0.4, -0.2) is 18.4 Å². The second-order valence-electron chi connectivity index (χ2n) is 6.19. The molecule has 0 radical (unpaired) electrons. The Hall–Kier alpha value is -2.70. The van der Waals surface area contributed by atoms with Crippen molar-refractivity contribution in [3.63, 3.8) is 0 Å². The summed E-state index contributed by atoms with van der Waals surface area (Å²) in [6.07, 6.45) is -2.30. The number of rotatable bonds is 4. The minimum absolute atomic E-state index is 0.00608. The molecule has 0 bridgehead atoms. The van der Waals surface area contributed by atoms with E-state index in [1.54, 1.807) is 6.07 Å². The van der Waals surface area contributed by atoms with Crippen molar-refractivity contribution < 1.29 is 22.7 Å². The maximum Gasteiger partial charge on any atom is 0.573 e. The topological polar surface area (TPSA) is 50.4 Å². The third-order valence-electron chi connectivity index (χ3n) is 4.32. The molecule has 4 nitrogen and oxygen atoms in total. The summed E-state index contributed by atoms with van der Waals surface area (Å²) in [7, 11) is 0. The van der Waals surface area contributed by atoms with Crippen LogP contribution in [0.5, 0.6) is 5.75 Å². The molecule has 0 fully saturated rings. The second kappa shape index (κ2) is 7.68. The highest BCUT2D eigenvalue weighted by Crippen LogP contribution is 2.26. The van der Waals surface area contributed by atoms with E-state index in [0.29, 0.717) is 0 Å². The Kier molecular flexibility index (Phi) is 5.35. The van der Waals surface area contributed by atoms with Crippen molar-refractivity contribution in [1.29, 1.82) is 0 Å². The summed E-state index contributed by atoms with van der Waals surface area (Å²) in [5, 5.41) is 5.48. The van der Waals surface area contributed by atoms with Crippen LogP contribution in [0.3, 0.4) is 0 Å². The fraction of sp³-hybridized carbons (Fsp3) is 0.316. The van der Waals surface area contributed by atoms with Gasteiger partial charge in [0.2, 0.25) is 0 Å². The molecule has 0 aromatic heterocycles. The van der Waals surface area contributed by atoms with Gasteiger partial charge in [-0.1, -0.05) is 42.5 Å². The molecule has 3 rings (SSSR count). The summed E-state index contributed by atoms with van der Waals surface area (Å²) < 4.78 is 41.3. The maximum absolute atomic E-state index is 12.4. The van der Waals surface area contributed by atoms with Crippen LogP contribution in [0.15, 0.2) is 48.5 Å². The molecule has 2 N–H and O–H groups in total. The number of carbonyl (C=O) groups is 1. The Balaban J connectivity index is 1.54. The first-order chi connectivity index (χ1) is 12.4. The Morgan fingerprint density at radius 2 is 1.77 bits per heavy atom. The van der Waals surface area contributed by atoms with Crippen LogP contribution in [0.1, 0.15) is 23.1 Å². The number of hydrogen-bond donors (Lipinski definition) is 2. The van der Waals surface area contributed by atoms with E-state index in [4.69, 9.17) is 0 Å². The van der Waals surface area contributed by atoms with Crippen molar-refractivity contribution in [2.24, 2.45) is 0 Å². The van der Waals surface area contributed by atoms with Crippen LogP contribution in [0.25, 0.3) is 0 Å². The van der Waals surface area contributed by atoms with Gasteiger partial charge in [0, 0.05) is 18.2 Å². The fourth-order valence-corrected chi connectivity index (χ4v) is 3.11. The molecule has 0 saturated carbocycles. The number of para-hydroxylation sites is 1. The summed E-state index contributed by atoms with van der Waals surface area (Å²) in [6.45, 7) is -0.0542. The highest BCUT2D eigenvalue weighted by Gasteiger charge is 2.32. The molecule has 1 unspecified atom stereocenters. The molecule has 1 aliphatic rings. The standard InChI is InChI=1S/C19H19F3N2O2/c20-19(21,22)26-17-8-4-3-7-15(17)12-23-18(25)24-16-10-9-13-5-1-2-6-14(13)11-16/h1-8,16H,9-12H2,(H2,23,24,25). The molecule has 1 atom stereocenters. The Morgan fingerprint density at radius 3 is 2.54 bits per heavy atom. The minimum Gasteiger partial charge on any atom is -0.405 e. The number of alkyl halides is 3. The predicted octanol–water partition coefficient (Wildman–Crippen LogP) is 3.94. The van der Waals surface area contributed by atoms with Crippen molar-refractivity contribution in [3.05, 3.63) is 65.2 Å². The average molecular weight is 364 g/mol. The van der Waals surface area contributed by atoms with Crippen LogP contribution in [0.2, 0.25) is 0 Å². The third-order valence-corrected chi connectivity index (χ3v) is 4.32. The van der Waals surface area contributed by atoms with E-state index in [-0.39, 0.29) is 23.9 Å². The second-order valence-corrected chi connectivity index (χ2v) is 6.19. The van der Waals surface area contributed by atoms with Crippen molar-refractivity contribution in [1.82, 2.24) is 10.6 Å². The molecule has 0 heterocycles. The summed E-state index contributed by atoms with van der Waals surface area (Å²) in [6, 6.07) is 13.5. The van der Waals surface area contributed by atoms with Crippen LogP contribution in [-0.2, 0) is 19.4 Å². The summed E-state index contributed by atoms with van der Waals surface area (Å²) in [5.74, 6) is -0.313. The average Bonchev–Trinajstić information content (AvgIpc) is 2.59. The lowest BCUT2D eigenvalue weighted by Gasteiger charge is -2.25. The van der Waals surface area contributed by atoms with Gasteiger partial charge in [0.25, 0.3) is 0 Å². The smallest absolute Gasteiger partial charge is 0.405 e. The number of halogens is 3. The number of fused-ring (bicyclic) bond motifs is 1. The molecule has 0 saturated heterocycles. The number of ether oxygens (including phenoxy) is 1. The van der Waals surface area contributed by atoms with E-state index in [1.807, 2.05) is 18.2 Å². The number of nitrogens with one attached hydrogen (secondary N) is 2. The van der Waals surface area contributed by atoms with E-state index in [9.17, 15) is 18.0 Å². The first kappa shape index (κ1) is 18.1. The molecule has 7 heteroatoms. The van der Waals surface area contributed by atoms with Gasteiger partial charge < -0.3 is 15.4 Å². The largest absolute Gasteiger partial charge is 0.573 e. The van der Waals surface area contributed by atoms with Gasteiger partial charge in [0.1, 0.15) is 5.75 Å². The zero-order valence-corrected chi connectivity index (χ0v) is 14.0. The van der Waals surface area contributed by atoms with E-state index in [2.05, 4.69) is 21.4 Å². The van der Waals surface area contributed by atoms with Gasteiger partial charge in [0.15, 0.2) is 0 Å². The van der Waals surface area contributed by atoms with Gasteiger partial charge in [-0.3, -0.25) is 0 Å². The number of amides is 2. The molecule has 0 spiro atoms. The lowest BCUT2D eigenvalue weighted by atomic mass is 9.88. The third kappa shape index (κ3) is 4.91. The molecule has 2 aromatic rings. The van der Waals surface area contributed by atoms with Gasteiger partial charge in [-0.2, -0.15) is 0 Å². The zero-order valence-electron chi connectivity index (χ0n) is 14.0. The molecule has 2 amide bonds. The molecular weight excluding hydrogens is 345 g/mol. The van der Waals surface area contributed by atoms with E-state index >= 15 is 0 Å². The van der Waals surface area contributed by atoms with E-state index in [0.717, 1.165) is 19.3 Å². The van der Waals surface area contributed by atoms with Crippen LogP contribution < -0.4 is 15.4 Å². The van der Waals surface area contributed by atoms with Gasteiger partial charge in [-0.15, -0.1) is 13.2 Å². The number of aryl methyl sites for hydroxylation is 1. The Labute approximate surface area is 149 Å². The molecule has 1 aliphatic carbocycles. The van der Waals surface area contributed by atoms with Crippen LogP contribution in [0, 0.1) is 0 Å². The molecule has 138 valence electrons. The Morgan fingerprint density at radius 1 is 1.08 bits per heavy atom. The van der Waals surface area contributed by atoms with Gasteiger partial charge in [-0.05, 0) is 36.5 Å². The van der Waals surface area contributed by atoms with Crippen molar-refractivity contribution in [2.75, 3.05) is 0 Å². The minimum atomic E-state index is -4.77. The number of urea groups is 1. The lowest BCUT2D eigenvalue weighted by molar-refractivity contribution is -0.274. The van der Waals surface area contributed by atoms with E-state index in [1.165, 1.54) is 29.3 Å². The lowest BCUT2D eigenvalue weighted by Crippen LogP contribution is -2.44. The maximum atomic E-state index is 12.4. The molecule has 0 aliphatic heterocycles. The quantitative estimate of drug-likeness (QED) is 0.863. The molecule has 2 aromatic carbocycles. The highest BCUT2D eigenvalue weighted by molar-refractivity contribution is 5.74. The molecule has 26 heavy (non-hydrogen) atoms. The van der Waals surface area contributed by atoms with Gasteiger partial charge in [-0.25, -0.2) is 4.79 Å². The Bertz CT molecular complexity index is 777. The van der Waals surface area contributed by atoms with Crippen LogP contribution in [0.4, 0.5) is 18.0 Å².